The minimum Gasteiger partial charge on any atom is -0.336 e. The summed E-state index contributed by atoms with van der Waals surface area (Å²) < 4.78 is 0. The molecular formula is C18H27N3O. The average Bonchev–Trinajstić information content (AvgIpc) is 2.97. The number of fused-ring (bicyclic) bond motifs is 1. The van der Waals surface area contributed by atoms with Gasteiger partial charge in [-0.15, -0.1) is 0 Å². The van der Waals surface area contributed by atoms with E-state index < -0.39 is 0 Å². The van der Waals surface area contributed by atoms with Crippen molar-refractivity contribution < 1.29 is 4.79 Å². The number of carbonyl (C=O) groups is 1. The third-order valence-electron chi connectivity index (χ3n) is 5.12. The molecule has 2 amide bonds. The second-order valence-electron chi connectivity index (χ2n) is 6.78. The summed E-state index contributed by atoms with van der Waals surface area (Å²) in [6, 6.07) is 8.65. The standard InChI is InChI=1S/C18H27N3O/c1-14-7-10-20(11-8-14)15(2)13-19-18(22)21-12-9-16-5-3-4-6-17(16)21/h3-6,14-15H,7-13H2,1-2H3,(H,19,22)/t15-/m1/s1. The van der Waals surface area contributed by atoms with E-state index in [1.54, 1.807) is 0 Å². The van der Waals surface area contributed by atoms with Crippen LogP contribution in [0.1, 0.15) is 32.3 Å². The highest BCUT2D eigenvalue weighted by molar-refractivity contribution is 5.94. The molecule has 1 aromatic carbocycles. The maximum atomic E-state index is 12.4. The van der Waals surface area contributed by atoms with Crippen LogP contribution in [0.3, 0.4) is 0 Å². The Hall–Kier alpha value is -1.55. The van der Waals surface area contributed by atoms with Crippen LogP contribution in [0.15, 0.2) is 24.3 Å². The second kappa shape index (κ2) is 6.69. The highest BCUT2D eigenvalue weighted by Crippen LogP contribution is 2.27. The lowest BCUT2D eigenvalue weighted by Crippen LogP contribution is -2.48. The smallest absolute Gasteiger partial charge is 0.321 e. The number of carbonyl (C=O) groups excluding carboxylic acids is 1. The summed E-state index contributed by atoms with van der Waals surface area (Å²) in [5.41, 5.74) is 2.34. The predicted molar refractivity (Wildman–Crippen MR) is 90.3 cm³/mol. The minimum atomic E-state index is 0.0437. The molecule has 1 fully saturated rings. The zero-order valence-electron chi connectivity index (χ0n) is 13.7. The van der Waals surface area contributed by atoms with E-state index in [9.17, 15) is 4.79 Å². The number of amides is 2. The zero-order chi connectivity index (χ0) is 15.5. The van der Waals surface area contributed by atoms with E-state index in [0.29, 0.717) is 6.04 Å². The van der Waals surface area contributed by atoms with Gasteiger partial charge >= 0.3 is 6.03 Å². The highest BCUT2D eigenvalue weighted by Gasteiger charge is 2.25. The molecule has 1 atom stereocenters. The van der Waals surface area contributed by atoms with Gasteiger partial charge in [0.25, 0.3) is 0 Å². The van der Waals surface area contributed by atoms with Gasteiger partial charge in [0.2, 0.25) is 0 Å². The fourth-order valence-corrected chi connectivity index (χ4v) is 3.48. The molecule has 0 saturated carbocycles. The maximum Gasteiger partial charge on any atom is 0.321 e. The first-order chi connectivity index (χ1) is 10.6. The van der Waals surface area contributed by atoms with E-state index in [1.165, 1.54) is 18.4 Å². The molecule has 2 heterocycles. The van der Waals surface area contributed by atoms with Crippen LogP contribution in [0.5, 0.6) is 0 Å². The van der Waals surface area contributed by atoms with Gasteiger partial charge < -0.3 is 5.32 Å². The summed E-state index contributed by atoms with van der Waals surface area (Å²) >= 11 is 0. The topological polar surface area (TPSA) is 35.6 Å². The van der Waals surface area contributed by atoms with Crippen LogP contribution in [0.25, 0.3) is 0 Å². The molecule has 0 spiro atoms. The minimum absolute atomic E-state index is 0.0437. The predicted octanol–water partition coefficient (Wildman–Crippen LogP) is 2.88. The van der Waals surface area contributed by atoms with Crippen molar-refractivity contribution in [2.24, 2.45) is 5.92 Å². The number of nitrogens with zero attached hydrogens (tertiary/aromatic N) is 2. The molecule has 0 aromatic heterocycles. The Labute approximate surface area is 133 Å². The van der Waals surface area contributed by atoms with Crippen LogP contribution in [0.4, 0.5) is 10.5 Å². The third-order valence-corrected chi connectivity index (χ3v) is 5.12. The summed E-state index contributed by atoms with van der Waals surface area (Å²) in [5.74, 6) is 0.846. The van der Waals surface area contributed by atoms with Crippen LogP contribution in [0.2, 0.25) is 0 Å². The summed E-state index contributed by atoms with van der Waals surface area (Å²) in [7, 11) is 0. The lowest BCUT2D eigenvalue weighted by atomic mass is 9.98. The summed E-state index contributed by atoms with van der Waals surface area (Å²) in [6.45, 7) is 8.38. The largest absolute Gasteiger partial charge is 0.336 e. The number of hydrogen-bond acceptors (Lipinski definition) is 2. The summed E-state index contributed by atoms with van der Waals surface area (Å²) in [4.78, 5) is 16.8. The van der Waals surface area contributed by atoms with Crippen molar-refractivity contribution in [3.05, 3.63) is 29.8 Å². The normalized spacial score (nSPS) is 20.7. The van der Waals surface area contributed by atoms with Gasteiger partial charge in [0.05, 0.1) is 0 Å². The van der Waals surface area contributed by atoms with Gasteiger partial charge in [0.15, 0.2) is 0 Å². The Morgan fingerprint density at radius 1 is 1.27 bits per heavy atom. The van der Waals surface area contributed by atoms with Crippen LogP contribution < -0.4 is 10.2 Å². The molecule has 4 heteroatoms. The number of rotatable bonds is 3. The molecule has 0 unspecified atom stereocenters. The molecule has 1 N–H and O–H groups in total. The van der Waals surface area contributed by atoms with Crippen LogP contribution in [0, 0.1) is 5.92 Å². The van der Waals surface area contributed by atoms with Crippen molar-refractivity contribution in [1.82, 2.24) is 10.2 Å². The maximum absolute atomic E-state index is 12.4. The Kier molecular flexibility index (Phi) is 4.67. The summed E-state index contributed by atoms with van der Waals surface area (Å²) in [5, 5.41) is 3.12. The van der Waals surface area contributed by atoms with E-state index in [2.05, 4.69) is 30.1 Å². The first-order valence-electron chi connectivity index (χ1n) is 8.52. The molecule has 0 radical (unpaired) electrons. The van der Waals surface area contributed by atoms with Crippen molar-refractivity contribution >= 4 is 11.7 Å². The third kappa shape index (κ3) is 3.27. The van der Waals surface area contributed by atoms with Gasteiger partial charge in [-0.3, -0.25) is 9.80 Å². The van der Waals surface area contributed by atoms with Crippen LogP contribution in [-0.2, 0) is 6.42 Å². The monoisotopic (exact) mass is 301 g/mol. The molecule has 0 bridgehead atoms. The van der Waals surface area contributed by atoms with Gasteiger partial charge in [-0.25, -0.2) is 4.79 Å². The molecule has 4 nitrogen and oxygen atoms in total. The number of likely N-dealkylation sites (tertiary alicyclic amines) is 1. The molecule has 120 valence electrons. The van der Waals surface area contributed by atoms with Crippen molar-refractivity contribution in [2.75, 3.05) is 31.1 Å². The van der Waals surface area contributed by atoms with Crippen molar-refractivity contribution in [1.29, 1.82) is 0 Å². The Morgan fingerprint density at radius 3 is 2.77 bits per heavy atom. The number of para-hydroxylation sites is 1. The quantitative estimate of drug-likeness (QED) is 0.932. The van der Waals surface area contributed by atoms with Crippen molar-refractivity contribution in [3.8, 4) is 0 Å². The number of urea groups is 1. The molecule has 1 aromatic rings. The van der Waals surface area contributed by atoms with Gasteiger partial charge in [-0.05, 0) is 56.8 Å². The van der Waals surface area contributed by atoms with E-state index in [1.807, 2.05) is 23.1 Å². The van der Waals surface area contributed by atoms with E-state index in [0.717, 1.165) is 44.2 Å². The first kappa shape index (κ1) is 15.3. The molecular weight excluding hydrogens is 274 g/mol. The summed E-state index contributed by atoms with van der Waals surface area (Å²) in [6.07, 6.45) is 3.51. The Bertz CT molecular complexity index is 523. The molecule has 2 aliphatic heterocycles. The zero-order valence-corrected chi connectivity index (χ0v) is 13.7. The lowest BCUT2D eigenvalue weighted by Gasteiger charge is -2.35. The Balaban J connectivity index is 1.51. The second-order valence-corrected chi connectivity index (χ2v) is 6.78. The number of benzene rings is 1. The van der Waals surface area contributed by atoms with E-state index in [-0.39, 0.29) is 6.03 Å². The number of nitrogens with one attached hydrogen (secondary N) is 1. The van der Waals surface area contributed by atoms with Gasteiger partial charge in [-0.1, -0.05) is 25.1 Å². The number of anilines is 1. The van der Waals surface area contributed by atoms with Crippen LogP contribution >= 0.6 is 0 Å². The SMILES string of the molecule is CC1CCN([C@H](C)CNC(=O)N2CCc3ccccc32)CC1. The van der Waals surface area contributed by atoms with Crippen LogP contribution in [-0.4, -0.2) is 43.2 Å². The number of hydrogen-bond donors (Lipinski definition) is 1. The molecule has 2 aliphatic rings. The average molecular weight is 301 g/mol. The van der Waals surface area contributed by atoms with E-state index >= 15 is 0 Å². The Morgan fingerprint density at radius 2 is 2.00 bits per heavy atom. The van der Waals surface area contributed by atoms with Gasteiger partial charge in [0, 0.05) is 24.8 Å². The van der Waals surface area contributed by atoms with Crippen molar-refractivity contribution in [3.63, 3.8) is 0 Å². The van der Waals surface area contributed by atoms with Gasteiger partial charge in [-0.2, -0.15) is 0 Å². The molecule has 1 saturated heterocycles. The fraction of sp³-hybridized carbons (Fsp3) is 0.611. The lowest BCUT2D eigenvalue weighted by molar-refractivity contribution is 0.145. The molecule has 3 rings (SSSR count). The molecule has 22 heavy (non-hydrogen) atoms. The van der Waals surface area contributed by atoms with Crippen molar-refractivity contribution in [2.45, 2.75) is 39.2 Å². The highest BCUT2D eigenvalue weighted by atomic mass is 16.2. The molecule has 0 aliphatic carbocycles. The van der Waals surface area contributed by atoms with E-state index in [4.69, 9.17) is 0 Å². The number of piperidine rings is 1. The first-order valence-corrected chi connectivity index (χ1v) is 8.52. The van der Waals surface area contributed by atoms with Gasteiger partial charge in [0.1, 0.15) is 0 Å². The fourth-order valence-electron chi connectivity index (χ4n) is 3.48.